The van der Waals surface area contributed by atoms with Gasteiger partial charge in [-0.15, -0.1) is 0 Å². The summed E-state index contributed by atoms with van der Waals surface area (Å²) in [6.45, 7) is 2.03. The number of fused-ring (bicyclic) bond motifs is 1. The monoisotopic (exact) mass is 387 g/mol. The van der Waals surface area contributed by atoms with Crippen LogP contribution in [0.4, 0.5) is 0 Å². The van der Waals surface area contributed by atoms with Crippen LogP contribution in [0.25, 0.3) is 38.8 Å². The van der Waals surface area contributed by atoms with Crippen LogP contribution in [0.3, 0.4) is 0 Å². The first-order valence-corrected chi connectivity index (χ1v) is 10.1. The zero-order valence-electron chi connectivity index (χ0n) is 16.7. The molecule has 4 aromatic carbocycles. The van der Waals surface area contributed by atoms with Gasteiger partial charge < -0.3 is 0 Å². The molecule has 1 aromatic heterocycles. The van der Waals surface area contributed by atoms with Crippen molar-refractivity contribution in [3.05, 3.63) is 125 Å². The van der Waals surface area contributed by atoms with E-state index in [-0.39, 0.29) is 5.56 Å². The summed E-state index contributed by atoms with van der Waals surface area (Å²) in [6, 6.07) is 36.6. The number of hydrogen-bond acceptors (Lipinski definition) is 1. The molecule has 0 spiro atoms. The molecular weight excluding hydrogens is 366 g/mol. The van der Waals surface area contributed by atoms with E-state index in [1.807, 2.05) is 84.3 Å². The largest absolute Gasteiger partial charge is 0.276 e. The highest BCUT2D eigenvalue weighted by molar-refractivity contribution is 6.03. The summed E-state index contributed by atoms with van der Waals surface area (Å²) in [5.41, 5.74) is 6.02. The predicted molar refractivity (Wildman–Crippen MR) is 125 cm³/mol. The molecular formula is C28H21NO. The summed E-state index contributed by atoms with van der Waals surface area (Å²) >= 11 is 0. The van der Waals surface area contributed by atoms with Crippen LogP contribution >= 0.6 is 0 Å². The van der Waals surface area contributed by atoms with Crippen LogP contribution in [-0.2, 0) is 0 Å². The third-order valence-corrected chi connectivity index (χ3v) is 5.46. The number of pyridine rings is 1. The van der Waals surface area contributed by atoms with Gasteiger partial charge >= 0.3 is 0 Å². The fraction of sp³-hybridized carbons (Fsp3) is 0.0357. The van der Waals surface area contributed by atoms with Gasteiger partial charge in [0.2, 0.25) is 0 Å². The number of aromatic nitrogens is 1. The maximum absolute atomic E-state index is 13.8. The second-order valence-corrected chi connectivity index (χ2v) is 7.48. The quantitative estimate of drug-likeness (QED) is 0.340. The van der Waals surface area contributed by atoms with Crippen molar-refractivity contribution in [3.8, 4) is 28.1 Å². The second kappa shape index (κ2) is 7.49. The Kier molecular flexibility index (Phi) is 4.53. The first-order chi connectivity index (χ1) is 14.7. The molecule has 30 heavy (non-hydrogen) atoms. The molecule has 0 aliphatic heterocycles. The van der Waals surface area contributed by atoms with Crippen molar-refractivity contribution >= 4 is 10.8 Å². The van der Waals surface area contributed by atoms with Crippen molar-refractivity contribution in [2.24, 2.45) is 0 Å². The van der Waals surface area contributed by atoms with Crippen LogP contribution < -0.4 is 5.56 Å². The van der Waals surface area contributed by atoms with Gasteiger partial charge in [0.1, 0.15) is 0 Å². The maximum Gasteiger partial charge on any atom is 0.263 e. The van der Waals surface area contributed by atoms with Gasteiger partial charge in [0.25, 0.3) is 5.56 Å². The second-order valence-electron chi connectivity index (χ2n) is 7.48. The Bertz CT molecular complexity index is 1390. The highest BCUT2D eigenvalue weighted by Gasteiger charge is 2.20. The van der Waals surface area contributed by atoms with Gasteiger partial charge in [-0.25, -0.2) is 0 Å². The van der Waals surface area contributed by atoms with E-state index in [0.29, 0.717) is 0 Å². The number of benzene rings is 4. The molecule has 0 bridgehead atoms. The number of para-hydroxylation sites is 1. The molecule has 0 radical (unpaired) electrons. The molecule has 0 saturated heterocycles. The molecule has 1 heterocycles. The molecule has 2 heteroatoms. The van der Waals surface area contributed by atoms with E-state index in [1.165, 1.54) is 0 Å². The number of nitrogens with zero attached hydrogens (tertiary/aromatic N) is 1. The molecule has 0 aliphatic rings. The van der Waals surface area contributed by atoms with Gasteiger partial charge in [-0.2, -0.15) is 0 Å². The summed E-state index contributed by atoms with van der Waals surface area (Å²) in [5.74, 6) is 0. The van der Waals surface area contributed by atoms with Gasteiger partial charge in [0.15, 0.2) is 0 Å². The first-order valence-electron chi connectivity index (χ1n) is 10.1. The Labute approximate surface area is 175 Å². The molecule has 5 aromatic rings. The fourth-order valence-electron chi connectivity index (χ4n) is 4.10. The van der Waals surface area contributed by atoms with Crippen molar-refractivity contribution in [2.75, 3.05) is 0 Å². The Morgan fingerprint density at radius 1 is 0.600 bits per heavy atom. The van der Waals surface area contributed by atoms with Gasteiger partial charge in [-0.3, -0.25) is 9.36 Å². The normalized spacial score (nSPS) is 11.0. The Hall–Kier alpha value is -3.91. The van der Waals surface area contributed by atoms with E-state index in [4.69, 9.17) is 0 Å². The third-order valence-electron chi connectivity index (χ3n) is 5.46. The summed E-state index contributed by atoms with van der Waals surface area (Å²) in [6.07, 6.45) is 0. The molecule has 0 atom stereocenters. The zero-order chi connectivity index (χ0) is 20.5. The fourth-order valence-corrected chi connectivity index (χ4v) is 4.10. The average molecular weight is 387 g/mol. The lowest BCUT2D eigenvalue weighted by molar-refractivity contribution is 1.02. The summed E-state index contributed by atoms with van der Waals surface area (Å²) < 4.78 is 1.86. The molecule has 0 fully saturated rings. The third kappa shape index (κ3) is 3.03. The van der Waals surface area contributed by atoms with E-state index >= 15 is 0 Å². The van der Waals surface area contributed by atoms with E-state index in [1.54, 1.807) is 0 Å². The number of hydrogen-bond donors (Lipinski definition) is 0. The zero-order valence-corrected chi connectivity index (χ0v) is 16.7. The van der Waals surface area contributed by atoms with Crippen molar-refractivity contribution in [2.45, 2.75) is 6.92 Å². The van der Waals surface area contributed by atoms with Gasteiger partial charge in [0, 0.05) is 16.6 Å². The smallest absolute Gasteiger partial charge is 0.263 e. The van der Waals surface area contributed by atoms with Gasteiger partial charge in [0.05, 0.1) is 5.69 Å². The Balaban J connectivity index is 2.05. The summed E-state index contributed by atoms with van der Waals surface area (Å²) in [7, 11) is 0. The lowest BCUT2D eigenvalue weighted by atomic mass is 9.92. The highest BCUT2D eigenvalue weighted by atomic mass is 16.1. The maximum atomic E-state index is 13.8. The molecule has 0 amide bonds. The van der Waals surface area contributed by atoms with Crippen LogP contribution in [0.1, 0.15) is 5.56 Å². The Morgan fingerprint density at radius 2 is 1.17 bits per heavy atom. The number of aryl methyl sites for hydroxylation is 1. The van der Waals surface area contributed by atoms with E-state index in [2.05, 4.69) is 36.4 Å². The minimum absolute atomic E-state index is 0.00145. The van der Waals surface area contributed by atoms with Gasteiger partial charge in [-0.1, -0.05) is 96.6 Å². The molecule has 144 valence electrons. The molecule has 5 rings (SSSR count). The topological polar surface area (TPSA) is 22.0 Å². The minimum Gasteiger partial charge on any atom is -0.276 e. The van der Waals surface area contributed by atoms with E-state index < -0.39 is 0 Å². The van der Waals surface area contributed by atoms with Crippen molar-refractivity contribution in [3.63, 3.8) is 0 Å². The SMILES string of the molecule is Cc1ccc2c(-c3ccccc3)c(-c3ccccc3)n(-c3ccccc3)c(=O)c2c1. The van der Waals surface area contributed by atoms with Crippen LogP contribution in [0.2, 0.25) is 0 Å². The van der Waals surface area contributed by atoms with Crippen molar-refractivity contribution in [1.82, 2.24) is 4.57 Å². The summed E-state index contributed by atoms with van der Waals surface area (Å²) in [5, 5.41) is 1.71. The van der Waals surface area contributed by atoms with Crippen molar-refractivity contribution < 1.29 is 0 Å². The standard InChI is InChI=1S/C28H21NO/c1-20-17-18-24-25(19-20)28(30)29(23-15-9-4-10-16-23)27(22-13-7-3-8-14-22)26(24)21-11-5-2-6-12-21/h2-19H,1H3. The van der Waals surface area contributed by atoms with Crippen LogP contribution in [0.15, 0.2) is 114 Å². The van der Waals surface area contributed by atoms with Crippen LogP contribution in [0.5, 0.6) is 0 Å². The molecule has 0 aliphatic carbocycles. The lowest BCUT2D eigenvalue weighted by Gasteiger charge is -2.21. The molecule has 0 saturated carbocycles. The molecule has 2 nitrogen and oxygen atoms in total. The van der Waals surface area contributed by atoms with Gasteiger partial charge in [-0.05, 0) is 41.6 Å². The minimum atomic E-state index is -0.00145. The Morgan fingerprint density at radius 3 is 1.80 bits per heavy atom. The first kappa shape index (κ1) is 18.1. The number of rotatable bonds is 3. The highest BCUT2D eigenvalue weighted by Crippen LogP contribution is 2.38. The van der Waals surface area contributed by atoms with E-state index in [9.17, 15) is 4.79 Å². The van der Waals surface area contributed by atoms with Crippen LogP contribution in [-0.4, -0.2) is 4.57 Å². The molecule has 0 unspecified atom stereocenters. The van der Waals surface area contributed by atoms with Crippen molar-refractivity contribution in [1.29, 1.82) is 0 Å². The van der Waals surface area contributed by atoms with E-state index in [0.717, 1.165) is 44.4 Å². The summed E-state index contributed by atoms with van der Waals surface area (Å²) in [4.78, 5) is 13.8. The molecule has 0 N–H and O–H groups in total. The average Bonchev–Trinajstić information content (AvgIpc) is 2.81. The predicted octanol–water partition coefficient (Wildman–Crippen LogP) is 6.63. The van der Waals surface area contributed by atoms with Crippen LogP contribution in [0, 0.1) is 6.92 Å². The lowest BCUT2D eigenvalue weighted by Crippen LogP contribution is -2.21.